The fourth-order valence-electron chi connectivity index (χ4n) is 1.59. The highest BCUT2D eigenvalue weighted by Crippen LogP contribution is 2.07. The number of hydrogen-bond acceptors (Lipinski definition) is 2. The number of carboxylic acid groups (broad SMARTS) is 1. The topological polar surface area (TPSA) is 78.4 Å². The molecule has 0 spiro atoms. The Bertz CT molecular complexity index is 267. The predicted molar refractivity (Wildman–Crippen MR) is 71.5 cm³/mol. The van der Waals surface area contributed by atoms with E-state index < -0.39 is 18.0 Å². The van der Waals surface area contributed by atoms with Crippen LogP contribution in [0.2, 0.25) is 0 Å². The van der Waals surface area contributed by atoms with Gasteiger partial charge < -0.3 is 15.7 Å². The van der Waals surface area contributed by atoms with Crippen LogP contribution in [-0.4, -0.2) is 29.7 Å². The lowest BCUT2D eigenvalue weighted by atomic mass is 9.99. The normalized spacial score (nSPS) is 14.1. The summed E-state index contributed by atoms with van der Waals surface area (Å²) in [6.45, 7) is 8.56. The molecular weight excluding hydrogens is 232 g/mol. The molecular formula is C13H26N2O3. The number of nitrogens with one attached hydrogen (secondary N) is 2. The van der Waals surface area contributed by atoms with Crippen molar-refractivity contribution in [2.24, 2.45) is 11.8 Å². The maximum atomic E-state index is 11.5. The number of amides is 2. The van der Waals surface area contributed by atoms with E-state index in [4.69, 9.17) is 5.11 Å². The minimum Gasteiger partial charge on any atom is -0.480 e. The summed E-state index contributed by atoms with van der Waals surface area (Å²) in [5.41, 5.74) is 0. The molecule has 0 aliphatic carbocycles. The highest BCUT2D eigenvalue weighted by atomic mass is 16.4. The van der Waals surface area contributed by atoms with Gasteiger partial charge in [-0.15, -0.1) is 0 Å². The Morgan fingerprint density at radius 2 is 1.83 bits per heavy atom. The maximum absolute atomic E-state index is 11.5. The molecule has 0 aliphatic heterocycles. The van der Waals surface area contributed by atoms with Crippen LogP contribution in [-0.2, 0) is 4.79 Å². The highest BCUT2D eigenvalue weighted by molar-refractivity contribution is 5.82. The molecule has 2 unspecified atom stereocenters. The molecule has 0 aromatic heterocycles. The Balaban J connectivity index is 4.00. The van der Waals surface area contributed by atoms with Crippen molar-refractivity contribution in [1.29, 1.82) is 0 Å². The van der Waals surface area contributed by atoms with E-state index in [1.807, 2.05) is 13.8 Å². The molecule has 0 saturated heterocycles. The fourth-order valence-corrected chi connectivity index (χ4v) is 1.59. The number of carbonyl (C=O) groups is 2. The summed E-state index contributed by atoms with van der Waals surface area (Å²) < 4.78 is 0. The van der Waals surface area contributed by atoms with Crippen LogP contribution in [0.5, 0.6) is 0 Å². The second-order valence-electron chi connectivity index (χ2n) is 5.14. The largest absolute Gasteiger partial charge is 0.480 e. The summed E-state index contributed by atoms with van der Waals surface area (Å²) in [6, 6.07) is -1.22. The molecule has 0 heterocycles. The minimum atomic E-state index is -0.985. The van der Waals surface area contributed by atoms with Crippen molar-refractivity contribution in [1.82, 2.24) is 10.6 Å². The third-order valence-corrected chi connectivity index (χ3v) is 3.01. The Hall–Kier alpha value is -1.26. The molecule has 0 rings (SSSR count). The van der Waals surface area contributed by atoms with Crippen molar-refractivity contribution >= 4 is 12.0 Å². The van der Waals surface area contributed by atoms with Gasteiger partial charge in [-0.3, -0.25) is 0 Å². The number of urea groups is 1. The lowest BCUT2D eigenvalue weighted by Gasteiger charge is -2.20. The van der Waals surface area contributed by atoms with E-state index in [1.165, 1.54) is 0 Å². The minimum absolute atomic E-state index is 0.0797. The lowest BCUT2D eigenvalue weighted by Crippen LogP contribution is -2.49. The number of rotatable bonds is 8. The third kappa shape index (κ3) is 7.14. The smallest absolute Gasteiger partial charge is 0.326 e. The molecule has 0 aliphatic rings. The molecule has 0 radical (unpaired) electrons. The zero-order chi connectivity index (χ0) is 14.1. The number of carbonyl (C=O) groups excluding carboxylic acids is 1. The molecule has 106 valence electrons. The molecule has 0 fully saturated rings. The fraction of sp³-hybridized carbons (Fsp3) is 0.846. The van der Waals surface area contributed by atoms with Gasteiger partial charge in [0.05, 0.1) is 0 Å². The first-order valence-corrected chi connectivity index (χ1v) is 6.65. The van der Waals surface area contributed by atoms with Gasteiger partial charge in [0.15, 0.2) is 0 Å². The van der Waals surface area contributed by atoms with E-state index >= 15 is 0 Å². The molecule has 0 aromatic carbocycles. The second-order valence-corrected chi connectivity index (χ2v) is 5.14. The quantitative estimate of drug-likeness (QED) is 0.584. The van der Waals surface area contributed by atoms with Crippen LogP contribution in [0.25, 0.3) is 0 Å². The van der Waals surface area contributed by atoms with Gasteiger partial charge in [-0.2, -0.15) is 0 Å². The number of hydrogen-bond donors (Lipinski definition) is 3. The van der Waals surface area contributed by atoms with E-state index in [2.05, 4.69) is 24.5 Å². The Labute approximate surface area is 109 Å². The average molecular weight is 258 g/mol. The molecule has 5 heteroatoms. The van der Waals surface area contributed by atoms with Gasteiger partial charge in [-0.05, 0) is 24.7 Å². The van der Waals surface area contributed by atoms with Gasteiger partial charge in [0.2, 0.25) is 0 Å². The highest BCUT2D eigenvalue weighted by Gasteiger charge is 2.24. The molecule has 5 nitrogen and oxygen atoms in total. The van der Waals surface area contributed by atoms with E-state index in [1.54, 1.807) is 0 Å². The molecule has 2 amide bonds. The van der Waals surface area contributed by atoms with Crippen LogP contribution in [0.15, 0.2) is 0 Å². The maximum Gasteiger partial charge on any atom is 0.326 e. The standard InChI is InChI=1S/C13H26N2O3/c1-5-10(4)11(12(16)17)15-13(18)14-8-6-7-9(2)3/h9-11H,5-8H2,1-4H3,(H,16,17)(H2,14,15,18). The second kappa shape index (κ2) is 8.78. The van der Waals surface area contributed by atoms with E-state index in [0.29, 0.717) is 18.9 Å². The third-order valence-electron chi connectivity index (χ3n) is 3.01. The summed E-state index contributed by atoms with van der Waals surface area (Å²) in [5.74, 6) is -0.452. The van der Waals surface area contributed by atoms with E-state index in [-0.39, 0.29) is 5.92 Å². The zero-order valence-electron chi connectivity index (χ0n) is 11.8. The van der Waals surface area contributed by atoms with Gasteiger partial charge in [0, 0.05) is 6.54 Å². The summed E-state index contributed by atoms with van der Waals surface area (Å²) >= 11 is 0. The number of aliphatic carboxylic acids is 1. The first-order chi connectivity index (χ1) is 8.38. The van der Waals surface area contributed by atoms with Gasteiger partial charge >= 0.3 is 12.0 Å². The number of carboxylic acids is 1. The summed E-state index contributed by atoms with van der Waals surface area (Å²) in [7, 11) is 0. The van der Waals surface area contributed by atoms with E-state index in [9.17, 15) is 9.59 Å². The molecule has 3 N–H and O–H groups in total. The molecule has 2 atom stereocenters. The first-order valence-electron chi connectivity index (χ1n) is 6.65. The van der Waals surface area contributed by atoms with Crippen molar-refractivity contribution in [3.63, 3.8) is 0 Å². The Morgan fingerprint density at radius 1 is 1.22 bits per heavy atom. The van der Waals surface area contributed by atoms with Crippen molar-refractivity contribution in [3.8, 4) is 0 Å². The zero-order valence-corrected chi connectivity index (χ0v) is 11.8. The Morgan fingerprint density at radius 3 is 2.28 bits per heavy atom. The van der Waals surface area contributed by atoms with Crippen LogP contribution in [0.3, 0.4) is 0 Å². The average Bonchev–Trinajstić information content (AvgIpc) is 2.30. The summed E-state index contributed by atoms with van der Waals surface area (Å²) in [4.78, 5) is 22.5. The van der Waals surface area contributed by atoms with Crippen molar-refractivity contribution in [2.45, 2.75) is 53.0 Å². The summed E-state index contributed by atoms with van der Waals surface area (Å²) in [6.07, 6.45) is 2.67. The SMILES string of the molecule is CCC(C)C(NC(=O)NCCCC(C)C)C(=O)O. The van der Waals surface area contributed by atoms with Crippen LogP contribution in [0.1, 0.15) is 47.0 Å². The van der Waals surface area contributed by atoms with Crippen LogP contribution in [0, 0.1) is 11.8 Å². The van der Waals surface area contributed by atoms with Crippen molar-refractivity contribution < 1.29 is 14.7 Å². The van der Waals surface area contributed by atoms with E-state index in [0.717, 1.165) is 12.8 Å². The van der Waals surface area contributed by atoms with Crippen molar-refractivity contribution in [2.75, 3.05) is 6.54 Å². The first kappa shape index (κ1) is 16.7. The monoisotopic (exact) mass is 258 g/mol. The van der Waals surface area contributed by atoms with Crippen LogP contribution < -0.4 is 10.6 Å². The van der Waals surface area contributed by atoms with Gasteiger partial charge in [-0.1, -0.05) is 34.1 Å². The van der Waals surface area contributed by atoms with Gasteiger partial charge in [0.1, 0.15) is 6.04 Å². The lowest BCUT2D eigenvalue weighted by molar-refractivity contribution is -0.140. The Kier molecular flexibility index (Phi) is 8.16. The van der Waals surface area contributed by atoms with Gasteiger partial charge in [0.25, 0.3) is 0 Å². The summed E-state index contributed by atoms with van der Waals surface area (Å²) in [5, 5.41) is 14.2. The predicted octanol–water partition coefficient (Wildman–Crippen LogP) is 2.22. The molecule has 0 bridgehead atoms. The molecule has 18 heavy (non-hydrogen) atoms. The van der Waals surface area contributed by atoms with Crippen LogP contribution in [0.4, 0.5) is 4.79 Å². The molecule has 0 aromatic rings. The van der Waals surface area contributed by atoms with Crippen molar-refractivity contribution in [3.05, 3.63) is 0 Å². The molecule has 0 saturated carbocycles. The van der Waals surface area contributed by atoms with Gasteiger partial charge in [-0.25, -0.2) is 9.59 Å². The van der Waals surface area contributed by atoms with Crippen LogP contribution >= 0.6 is 0 Å².